The minimum atomic E-state index is -0.478. The van der Waals surface area contributed by atoms with Crippen molar-refractivity contribution in [2.75, 3.05) is 13.2 Å². The third-order valence-corrected chi connectivity index (χ3v) is 3.92. The van der Waals surface area contributed by atoms with Gasteiger partial charge in [0, 0.05) is 17.6 Å². The Labute approximate surface area is 127 Å². The van der Waals surface area contributed by atoms with Crippen LogP contribution < -0.4 is 5.32 Å². The summed E-state index contributed by atoms with van der Waals surface area (Å²) in [4.78, 5) is 0. The number of aliphatic hydroxyl groups excluding tert-OH is 1. The Morgan fingerprint density at radius 3 is 2.50 bits per heavy atom. The fourth-order valence-corrected chi connectivity index (χ4v) is 1.96. The summed E-state index contributed by atoms with van der Waals surface area (Å²) in [6.45, 7) is 7.93. The van der Waals surface area contributed by atoms with E-state index in [-0.39, 0.29) is 0 Å². The maximum Gasteiger partial charge on any atom is 0.0897 e. The molecule has 3 unspecified atom stereocenters. The van der Waals surface area contributed by atoms with Gasteiger partial charge in [0.2, 0.25) is 0 Å². The zero-order valence-corrected chi connectivity index (χ0v) is 13.4. The Bertz CT molecular complexity index is 369. The third kappa shape index (κ3) is 6.71. The highest BCUT2D eigenvalue weighted by Gasteiger charge is 2.11. The number of aliphatic hydroxyl groups is 1. The van der Waals surface area contributed by atoms with Crippen molar-refractivity contribution < 1.29 is 9.84 Å². The van der Waals surface area contributed by atoms with Crippen molar-refractivity contribution in [3.63, 3.8) is 0 Å². The van der Waals surface area contributed by atoms with Crippen molar-refractivity contribution in [1.82, 2.24) is 5.32 Å². The summed E-state index contributed by atoms with van der Waals surface area (Å²) in [5, 5.41) is 13.9. The lowest BCUT2D eigenvalue weighted by Crippen LogP contribution is -2.39. The van der Waals surface area contributed by atoms with E-state index in [1.54, 1.807) is 0 Å². The van der Waals surface area contributed by atoms with Crippen molar-refractivity contribution in [2.24, 2.45) is 5.92 Å². The Morgan fingerprint density at radius 1 is 1.25 bits per heavy atom. The highest BCUT2D eigenvalue weighted by molar-refractivity contribution is 6.30. The Balaban J connectivity index is 2.16. The van der Waals surface area contributed by atoms with Crippen LogP contribution in [0.15, 0.2) is 24.3 Å². The topological polar surface area (TPSA) is 41.5 Å². The molecule has 1 aromatic rings. The lowest BCUT2D eigenvalue weighted by molar-refractivity contribution is 0.0270. The summed E-state index contributed by atoms with van der Waals surface area (Å²) < 4.78 is 5.51. The van der Waals surface area contributed by atoms with Crippen molar-refractivity contribution in [1.29, 1.82) is 0 Å². The first-order chi connectivity index (χ1) is 9.52. The van der Waals surface area contributed by atoms with Crippen LogP contribution in [0.4, 0.5) is 0 Å². The van der Waals surface area contributed by atoms with E-state index in [4.69, 9.17) is 16.3 Å². The Hall–Kier alpha value is -0.610. The van der Waals surface area contributed by atoms with Gasteiger partial charge in [-0.1, -0.05) is 44.0 Å². The summed E-state index contributed by atoms with van der Waals surface area (Å²) in [5.74, 6) is 0.609. The lowest BCUT2D eigenvalue weighted by atomic mass is 10.0. The summed E-state index contributed by atoms with van der Waals surface area (Å²) >= 11 is 5.82. The van der Waals surface area contributed by atoms with Crippen molar-refractivity contribution >= 4 is 11.6 Å². The SMILES string of the molecule is CCC(C)C(C)NCC(O)COCc1ccc(Cl)cc1. The van der Waals surface area contributed by atoms with E-state index in [0.717, 1.165) is 17.0 Å². The first-order valence-corrected chi connectivity index (χ1v) is 7.64. The molecule has 1 rings (SSSR count). The number of nitrogens with one attached hydrogen (secondary N) is 1. The summed E-state index contributed by atoms with van der Waals surface area (Å²) in [6, 6.07) is 7.94. The average molecular weight is 300 g/mol. The standard InChI is InChI=1S/C16H26ClNO2/c1-4-12(2)13(3)18-9-16(19)11-20-10-14-5-7-15(17)8-6-14/h5-8,12-13,16,18-19H,4,9-11H2,1-3H3. The average Bonchev–Trinajstić information content (AvgIpc) is 2.46. The van der Waals surface area contributed by atoms with Gasteiger partial charge in [-0.05, 0) is 30.5 Å². The summed E-state index contributed by atoms with van der Waals surface area (Å²) in [5.41, 5.74) is 1.06. The van der Waals surface area contributed by atoms with Gasteiger partial charge >= 0.3 is 0 Å². The number of halogens is 1. The van der Waals surface area contributed by atoms with Gasteiger partial charge in [-0.25, -0.2) is 0 Å². The number of rotatable bonds is 9. The minimum absolute atomic E-state index is 0.336. The second kappa shape index (κ2) is 9.35. The molecule has 0 heterocycles. The number of hydrogen-bond donors (Lipinski definition) is 2. The van der Waals surface area contributed by atoms with Crippen molar-refractivity contribution in [3.05, 3.63) is 34.9 Å². The van der Waals surface area contributed by atoms with E-state index in [2.05, 4.69) is 26.1 Å². The molecule has 0 saturated heterocycles. The highest BCUT2D eigenvalue weighted by atomic mass is 35.5. The predicted molar refractivity (Wildman–Crippen MR) is 84.0 cm³/mol. The molecule has 20 heavy (non-hydrogen) atoms. The van der Waals surface area contributed by atoms with E-state index in [1.807, 2.05) is 24.3 Å². The monoisotopic (exact) mass is 299 g/mol. The van der Waals surface area contributed by atoms with Gasteiger partial charge < -0.3 is 15.2 Å². The van der Waals surface area contributed by atoms with Gasteiger partial charge in [-0.15, -0.1) is 0 Å². The smallest absolute Gasteiger partial charge is 0.0897 e. The van der Waals surface area contributed by atoms with Gasteiger partial charge in [0.1, 0.15) is 0 Å². The molecule has 0 spiro atoms. The van der Waals surface area contributed by atoms with Crippen LogP contribution >= 0.6 is 11.6 Å². The minimum Gasteiger partial charge on any atom is -0.389 e. The molecule has 0 aromatic heterocycles. The van der Waals surface area contributed by atoms with Gasteiger partial charge in [0.15, 0.2) is 0 Å². The molecule has 3 atom stereocenters. The predicted octanol–water partition coefficient (Wildman–Crippen LogP) is 3.24. The molecule has 114 valence electrons. The van der Waals surface area contributed by atoms with Gasteiger partial charge in [-0.3, -0.25) is 0 Å². The molecule has 0 fully saturated rings. The van der Waals surface area contributed by atoms with Crippen LogP contribution in [0.2, 0.25) is 5.02 Å². The maximum absolute atomic E-state index is 9.87. The molecule has 0 aliphatic heterocycles. The molecular formula is C16H26ClNO2. The number of ether oxygens (including phenoxy) is 1. The molecule has 3 nitrogen and oxygen atoms in total. The van der Waals surface area contributed by atoms with E-state index in [9.17, 15) is 5.11 Å². The zero-order valence-electron chi connectivity index (χ0n) is 12.6. The van der Waals surface area contributed by atoms with E-state index in [0.29, 0.717) is 31.7 Å². The van der Waals surface area contributed by atoms with Crippen LogP contribution in [0.5, 0.6) is 0 Å². The second-order valence-corrected chi connectivity index (χ2v) is 5.81. The van der Waals surface area contributed by atoms with Gasteiger partial charge in [0.05, 0.1) is 19.3 Å². The van der Waals surface area contributed by atoms with Gasteiger partial charge in [0.25, 0.3) is 0 Å². The molecule has 0 amide bonds. The quantitative estimate of drug-likeness (QED) is 0.735. The first kappa shape index (κ1) is 17.4. The normalized spacial score (nSPS) is 15.8. The van der Waals surface area contributed by atoms with E-state index in [1.165, 1.54) is 0 Å². The molecule has 0 bridgehead atoms. The molecule has 1 aromatic carbocycles. The number of benzene rings is 1. The molecule has 0 aliphatic rings. The third-order valence-electron chi connectivity index (χ3n) is 3.67. The molecule has 0 aliphatic carbocycles. The maximum atomic E-state index is 9.87. The first-order valence-electron chi connectivity index (χ1n) is 7.26. The lowest BCUT2D eigenvalue weighted by Gasteiger charge is -2.21. The van der Waals surface area contributed by atoms with Crippen molar-refractivity contribution in [3.8, 4) is 0 Å². The van der Waals surface area contributed by atoms with Gasteiger partial charge in [-0.2, -0.15) is 0 Å². The van der Waals surface area contributed by atoms with Crippen molar-refractivity contribution in [2.45, 2.75) is 45.9 Å². The summed E-state index contributed by atoms with van der Waals surface area (Å²) in [7, 11) is 0. The Morgan fingerprint density at radius 2 is 1.90 bits per heavy atom. The fraction of sp³-hybridized carbons (Fsp3) is 0.625. The second-order valence-electron chi connectivity index (χ2n) is 5.38. The molecule has 2 N–H and O–H groups in total. The van der Waals surface area contributed by atoms with Crippen LogP contribution in [0, 0.1) is 5.92 Å². The summed E-state index contributed by atoms with van der Waals surface area (Å²) in [6.07, 6.45) is 0.658. The fourth-order valence-electron chi connectivity index (χ4n) is 1.83. The van der Waals surface area contributed by atoms with Crippen LogP contribution in [-0.4, -0.2) is 30.4 Å². The zero-order chi connectivity index (χ0) is 15.0. The molecule has 0 radical (unpaired) electrons. The molecule has 0 saturated carbocycles. The van der Waals surface area contributed by atoms with Crippen LogP contribution in [0.1, 0.15) is 32.8 Å². The number of hydrogen-bond acceptors (Lipinski definition) is 3. The van der Waals surface area contributed by atoms with E-state index >= 15 is 0 Å². The molecule has 4 heteroatoms. The molecular weight excluding hydrogens is 274 g/mol. The highest BCUT2D eigenvalue weighted by Crippen LogP contribution is 2.10. The van der Waals surface area contributed by atoms with Crippen LogP contribution in [0.3, 0.4) is 0 Å². The largest absolute Gasteiger partial charge is 0.389 e. The van der Waals surface area contributed by atoms with Crippen LogP contribution in [0.25, 0.3) is 0 Å². The Kier molecular flexibility index (Phi) is 8.15. The van der Waals surface area contributed by atoms with Crippen LogP contribution in [-0.2, 0) is 11.3 Å². The van der Waals surface area contributed by atoms with E-state index < -0.39 is 6.10 Å².